The molecule has 0 atom stereocenters. The molecule has 0 aliphatic carbocycles. The molecule has 8 nitrogen and oxygen atoms in total. The first-order valence-corrected chi connectivity index (χ1v) is 11.0. The van der Waals surface area contributed by atoms with E-state index in [9.17, 15) is 4.79 Å². The Balaban J connectivity index is 1.37. The van der Waals surface area contributed by atoms with E-state index in [0.717, 1.165) is 34.4 Å². The van der Waals surface area contributed by atoms with E-state index in [1.165, 1.54) is 11.8 Å². The van der Waals surface area contributed by atoms with Gasteiger partial charge in [-0.2, -0.15) is 0 Å². The Morgan fingerprint density at radius 1 is 1.13 bits per heavy atom. The summed E-state index contributed by atoms with van der Waals surface area (Å²) in [4.78, 5) is 12.4. The van der Waals surface area contributed by atoms with E-state index in [4.69, 9.17) is 13.9 Å². The molecule has 0 saturated carbocycles. The van der Waals surface area contributed by atoms with Crippen LogP contribution in [0.2, 0.25) is 0 Å². The van der Waals surface area contributed by atoms with Gasteiger partial charge in [0.2, 0.25) is 5.91 Å². The Kier molecular flexibility index (Phi) is 6.31. The second kappa shape index (κ2) is 9.30. The smallest absolute Gasteiger partial charge is 0.230 e. The number of amides is 1. The molecule has 4 aromatic rings. The molecule has 3 heterocycles. The van der Waals surface area contributed by atoms with Gasteiger partial charge < -0.3 is 19.2 Å². The lowest BCUT2D eigenvalue weighted by Gasteiger charge is -2.10. The molecule has 0 radical (unpaired) electrons. The lowest BCUT2D eigenvalue weighted by Crippen LogP contribution is -2.27. The maximum Gasteiger partial charge on any atom is 0.230 e. The molecule has 4 rings (SSSR count). The number of aryl methyl sites for hydroxylation is 1. The van der Waals surface area contributed by atoms with Crippen molar-refractivity contribution in [3.05, 3.63) is 48.0 Å². The van der Waals surface area contributed by atoms with Crippen molar-refractivity contribution in [2.75, 3.05) is 26.5 Å². The SMILES string of the molecule is CCc1nnc(SCC(=O)NCCc2ccc(OC)c(OC)c2)c2cc3occc3n12. The first kappa shape index (κ1) is 21.0. The van der Waals surface area contributed by atoms with Gasteiger partial charge in [0.1, 0.15) is 10.9 Å². The zero-order valence-electron chi connectivity index (χ0n) is 17.7. The Morgan fingerprint density at radius 3 is 2.74 bits per heavy atom. The molecule has 3 aromatic heterocycles. The molecule has 162 valence electrons. The molecular formula is C22H24N4O4S. The van der Waals surface area contributed by atoms with Gasteiger partial charge in [-0.15, -0.1) is 10.2 Å². The number of rotatable bonds is 9. The van der Waals surface area contributed by atoms with Gasteiger partial charge in [-0.3, -0.25) is 9.20 Å². The van der Waals surface area contributed by atoms with Gasteiger partial charge in [0.15, 0.2) is 17.1 Å². The highest BCUT2D eigenvalue weighted by Crippen LogP contribution is 2.29. The Bertz CT molecular complexity index is 1220. The van der Waals surface area contributed by atoms with Crippen molar-refractivity contribution in [1.82, 2.24) is 19.9 Å². The summed E-state index contributed by atoms with van der Waals surface area (Å²) < 4.78 is 18.1. The van der Waals surface area contributed by atoms with Crippen LogP contribution in [0.15, 0.2) is 46.0 Å². The molecule has 0 unspecified atom stereocenters. The highest BCUT2D eigenvalue weighted by atomic mass is 32.2. The summed E-state index contributed by atoms with van der Waals surface area (Å²) >= 11 is 1.37. The minimum Gasteiger partial charge on any atom is -0.493 e. The normalized spacial score (nSPS) is 11.2. The van der Waals surface area contributed by atoms with Crippen molar-refractivity contribution in [3.63, 3.8) is 0 Å². The third-order valence-corrected chi connectivity index (χ3v) is 5.97. The first-order chi connectivity index (χ1) is 15.1. The van der Waals surface area contributed by atoms with Gasteiger partial charge in [0.05, 0.1) is 37.3 Å². The number of benzene rings is 1. The summed E-state index contributed by atoms with van der Waals surface area (Å²) in [5, 5.41) is 12.3. The van der Waals surface area contributed by atoms with E-state index in [1.807, 2.05) is 41.7 Å². The highest BCUT2D eigenvalue weighted by molar-refractivity contribution is 8.00. The van der Waals surface area contributed by atoms with E-state index >= 15 is 0 Å². The number of hydrogen-bond donors (Lipinski definition) is 1. The molecule has 0 spiro atoms. The minimum absolute atomic E-state index is 0.0553. The van der Waals surface area contributed by atoms with E-state index in [0.29, 0.717) is 29.5 Å². The van der Waals surface area contributed by atoms with Crippen LogP contribution >= 0.6 is 11.8 Å². The number of carbonyl (C=O) groups excluding carboxylic acids is 1. The van der Waals surface area contributed by atoms with Crippen LogP contribution in [0.3, 0.4) is 0 Å². The number of carbonyl (C=O) groups is 1. The van der Waals surface area contributed by atoms with Crippen LogP contribution in [-0.4, -0.2) is 47.0 Å². The highest BCUT2D eigenvalue weighted by Gasteiger charge is 2.15. The number of hydrogen-bond acceptors (Lipinski definition) is 7. The number of ether oxygens (including phenoxy) is 2. The van der Waals surface area contributed by atoms with Crippen LogP contribution in [0.1, 0.15) is 18.3 Å². The van der Waals surface area contributed by atoms with Crippen molar-refractivity contribution in [3.8, 4) is 11.5 Å². The molecule has 0 aliphatic rings. The molecule has 0 bridgehead atoms. The lowest BCUT2D eigenvalue weighted by atomic mass is 10.1. The number of furan rings is 1. The molecule has 0 aliphatic heterocycles. The van der Waals surface area contributed by atoms with Crippen molar-refractivity contribution in [1.29, 1.82) is 0 Å². The predicted molar refractivity (Wildman–Crippen MR) is 119 cm³/mol. The maximum absolute atomic E-state index is 12.4. The second-order valence-corrected chi connectivity index (χ2v) is 7.85. The predicted octanol–water partition coefficient (Wildman–Crippen LogP) is 3.51. The Morgan fingerprint density at radius 2 is 1.97 bits per heavy atom. The van der Waals surface area contributed by atoms with E-state index in [1.54, 1.807) is 20.5 Å². The third-order valence-electron chi connectivity index (χ3n) is 5.00. The molecule has 1 aromatic carbocycles. The van der Waals surface area contributed by atoms with E-state index < -0.39 is 0 Å². The Labute approximate surface area is 183 Å². The fourth-order valence-corrected chi connectivity index (χ4v) is 4.23. The summed E-state index contributed by atoms with van der Waals surface area (Å²) in [5.41, 5.74) is 3.71. The quantitative estimate of drug-likeness (QED) is 0.398. The fraction of sp³-hybridized carbons (Fsp3) is 0.318. The van der Waals surface area contributed by atoms with Crippen LogP contribution < -0.4 is 14.8 Å². The van der Waals surface area contributed by atoms with Gasteiger partial charge in [-0.1, -0.05) is 24.8 Å². The fourth-order valence-electron chi connectivity index (χ4n) is 3.46. The number of aromatic nitrogens is 3. The number of nitrogens with zero attached hydrogens (tertiary/aromatic N) is 3. The molecule has 0 fully saturated rings. The summed E-state index contributed by atoms with van der Waals surface area (Å²) in [5.74, 6) is 2.42. The molecule has 1 amide bonds. The lowest BCUT2D eigenvalue weighted by molar-refractivity contribution is -0.118. The average Bonchev–Trinajstić information content (AvgIpc) is 3.39. The summed E-state index contributed by atoms with van der Waals surface area (Å²) in [7, 11) is 3.21. The first-order valence-electron chi connectivity index (χ1n) is 9.99. The molecule has 1 N–H and O–H groups in total. The number of methoxy groups -OCH3 is 2. The van der Waals surface area contributed by atoms with Crippen LogP contribution in [0, 0.1) is 0 Å². The Hall–Kier alpha value is -3.20. The van der Waals surface area contributed by atoms with Crippen molar-refractivity contribution < 1.29 is 18.7 Å². The van der Waals surface area contributed by atoms with Crippen molar-refractivity contribution >= 4 is 34.3 Å². The largest absolute Gasteiger partial charge is 0.493 e. The monoisotopic (exact) mass is 440 g/mol. The summed E-state index contributed by atoms with van der Waals surface area (Å²) in [6.07, 6.45) is 3.11. The van der Waals surface area contributed by atoms with Gasteiger partial charge in [0, 0.05) is 25.1 Å². The van der Waals surface area contributed by atoms with Gasteiger partial charge in [0.25, 0.3) is 0 Å². The van der Waals surface area contributed by atoms with Crippen LogP contribution in [0.25, 0.3) is 16.6 Å². The van der Waals surface area contributed by atoms with Gasteiger partial charge in [-0.05, 0) is 24.1 Å². The van der Waals surface area contributed by atoms with Crippen LogP contribution in [0.4, 0.5) is 0 Å². The van der Waals surface area contributed by atoms with Crippen molar-refractivity contribution in [2.24, 2.45) is 0 Å². The number of nitrogens with one attached hydrogen (secondary N) is 1. The topological polar surface area (TPSA) is 90.9 Å². The zero-order chi connectivity index (χ0) is 21.8. The number of fused-ring (bicyclic) bond motifs is 3. The van der Waals surface area contributed by atoms with Gasteiger partial charge >= 0.3 is 0 Å². The van der Waals surface area contributed by atoms with Crippen LogP contribution in [-0.2, 0) is 17.6 Å². The standard InChI is InChI=1S/C22H24N4O4S/c1-4-20-24-25-22(16-12-18-15(26(16)20)8-10-30-18)31-13-21(27)23-9-7-14-5-6-17(28-2)19(11-14)29-3/h5-6,8,10-12H,4,7,9,13H2,1-3H3,(H,23,27). The van der Waals surface area contributed by atoms with Crippen molar-refractivity contribution in [2.45, 2.75) is 24.8 Å². The summed E-state index contributed by atoms with van der Waals surface area (Å²) in [6, 6.07) is 9.61. The zero-order valence-corrected chi connectivity index (χ0v) is 18.5. The van der Waals surface area contributed by atoms with Gasteiger partial charge in [-0.25, -0.2) is 0 Å². The number of thioether (sulfide) groups is 1. The average molecular weight is 441 g/mol. The molecule has 31 heavy (non-hydrogen) atoms. The third kappa shape index (κ3) is 4.32. The van der Waals surface area contributed by atoms with E-state index in [-0.39, 0.29) is 11.7 Å². The van der Waals surface area contributed by atoms with Crippen LogP contribution in [0.5, 0.6) is 11.5 Å². The van der Waals surface area contributed by atoms with E-state index in [2.05, 4.69) is 15.5 Å². The molecule has 0 saturated heterocycles. The minimum atomic E-state index is -0.0553. The second-order valence-electron chi connectivity index (χ2n) is 6.89. The maximum atomic E-state index is 12.4. The molecule has 9 heteroatoms. The summed E-state index contributed by atoms with van der Waals surface area (Å²) in [6.45, 7) is 2.57. The molecular weight excluding hydrogens is 416 g/mol.